The first kappa shape index (κ1) is 16.6. The van der Waals surface area contributed by atoms with E-state index in [2.05, 4.69) is 10.3 Å². The minimum Gasteiger partial charge on any atom is -0.478 e. The monoisotopic (exact) mass is 344 g/mol. The van der Waals surface area contributed by atoms with Gasteiger partial charge in [-0.2, -0.15) is 0 Å². The average molecular weight is 344 g/mol. The minimum absolute atomic E-state index is 0.109. The third kappa shape index (κ3) is 3.82. The molecule has 1 fully saturated rings. The van der Waals surface area contributed by atoms with E-state index in [0.29, 0.717) is 12.1 Å². The molecule has 1 heterocycles. The number of carbonyl (C=O) groups excluding carboxylic acids is 1. The van der Waals surface area contributed by atoms with Gasteiger partial charge in [0.15, 0.2) is 0 Å². The first-order valence-electron chi connectivity index (χ1n) is 8.20. The smallest absolute Gasteiger partial charge is 0.336 e. The van der Waals surface area contributed by atoms with Gasteiger partial charge < -0.3 is 10.4 Å². The number of nitrogens with zero attached hydrogens (tertiary/aromatic N) is 1. The predicted octanol–water partition coefficient (Wildman–Crippen LogP) is 3.70. The number of hydrogen-bond acceptors (Lipinski definition) is 4. The highest BCUT2D eigenvalue weighted by Gasteiger charge is 2.21. The van der Waals surface area contributed by atoms with Gasteiger partial charge in [-0.05, 0) is 18.9 Å². The Balaban J connectivity index is 1.66. The molecule has 2 aromatic rings. The van der Waals surface area contributed by atoms with Gasteiger partial charge in [-0.3, -0.25) is 4.79 Å². The largest absolute Gasteiger partial charge is 0.478 e. The fourth-order valence-electron chi connectivity index (χ4n) is 3.07. The molecule has 1 aromatic heterocycles. The topological polar surface area (TPSA) is 79.3 Å². The predicted molar refractivity (Wildman–Crippen MR) is 92.9 cm³/mol. The fraction of sp³-hybridized carbons (Fsp3) is 0.389. The van der Waals surface area contributed by atoms with E-state index in [-0.39, 0.29) is 17.4 Å². The number of aromatic nitrogens is 1. The number of aromatic carboxylic acids is 1. The van der Waals surface area contributed by atoms with Gasteiger partial charge in [0.2, 0.25) is 5.91 Å². The molecule has 1 aliphatic carbocycles. The summed E-state index contributed by atoms with van der Waals surface area (Å²) in [5.41, 5.74) is 0.922. The van der Waals surface area contributed by atoms with E-state index in [9.17, 15) is 14.7 Å². The van der Waals surface area contributed by atoms with E-state index < -0.39 is 5.97 Å². The SMILES string of the molecule is O=C(O)c1ccccc1-c1cnc(CNC(=O)C2CCCCC2)s1. The van der Waals surface area contributed by atoms with E-state index in [1.54, 1.807) is 24.4 Å². The molecule has 126 valence electrons. The molecule has 0 saturated heterocycles. The lowest BCUT2D eigenvalue weighted by Gasteiger charge is -2.20. The molecule has 1 aliphatic rings. The Hall–Kier alpha value is -2.21. The summed E-state index contributed by atoms with van der Waals surface area (Å²) in [6.45, 7) is 0.398. The second-order valence-corrected chi connectivity index (χ2v) is 7.14. The Kier molecular flexibility index (Phi) is 5.25. The zero-order chi connectivity index (χ0) is 16.9. The maximum Gasteiger partial charge on any atom is 0.336 e. The van der Waals surface area contributed by atoms with Gasteiger partial charge in [0.1, 0.15) is 5.01 Å². The Morgan fingerprint density at radius 1 is 1.21 bits per heavy atom. The zero-order valence-corrected chi connectivity index (χ0v) is 14.1. The van der Waals surface area contributed by atoms with Crippen LogP contribution in [-0.2, 0) is 11.3 Å². The number of amides is 1. The van der Waals surface area contributed by atoms with Gasteiger partial charge in [0, 0.05) is 17.7 Å². The van der Waals surface area contributed by atoms with Crippen molar-refractivity contribution >= 4 is 23.2 Å². The molecule has 0 atom stereocenters. The Labute approximate surface area is 144 Å². The summed E-state index contributed by atoms with van der Waals surface area (Å²) in [5, 5.41) is 13.0. The van der Waals surface area contributed by atoms with E-state index in [0.717, 1.165) is 35.6 Å². The Morgan fingerprint density at radius 3 is 2.71 bits per heavy atom. The second kappa shape index (κ2) is 7.57. The number of rotatable bonds is 5. The third-order valence-electron chi connectivity index (χ3n) is 4.37. The number of benzene rings is 1. The number of thiazole rings is 1. The molecule has 1 amide bonds. The van der Waals surface area contributed by atoms with Crippen molar-refractivity contribution in [2.24, 2.45) is 5.92 Å². The molecule has 24 heavy (non-hydrogen) atoms. The van der Waals surface area contributed by atoms with Crippen LogP contribution in [0.2, 0.25) is 0 Å². The van der Waals surface area contributed by atoms with Crippen LogP contribution >= 0.6 is 11.3 Å². The van der Waals surface area contributed by atoms with Crippen molar-refractivity contribution in [3.63, 3.8) is 0 Å². The molecule has 3 rings (SSSR count). The van der Waals surface area contributed by atoms with Crippen molar-refractivity contribution in [1.29, 1.82) is 0 Å². The van der Waals surface area contributed by atoms with Crippen molar-refractivity contribution in [2.45, 2.75) is 38.6 Å². The summed E-state index contributed by atoms with van der Waals surface area (Å²) in [6.07, 6.45) is 7.11. The molecule has 6 heteroatoms. The van der Waals surface area contributed by atoms with Gasteiger partial charge >= 0.3 is 5.97 Å². The average Bonchev–Trinajstić information content (AvgIpc) is 3.09. The molecule has 2 N–H and O–H groups in total. The van der Waals surface area contributed by atoms with Gasteiger partial charge in [0.05, 0.1) is 17.0 Å². The highest BCUT2D eigenvalue weighted by atomic mass is 32.1. The number of hydrogen-bond donors (Lipinski definition) is 2. The van der Waals surface area contributed by atoms with Crippen LogP contribution in [0.15, 0.2) is 30.5 Å². The normalized spacial score (nSPS) is 15.2. The van der Waals surface area contributed by atoms with Crippen molar-refractivity contribution in [1.82, 2.24) is 10.3 Å². The van der Waals surface area contributed by atoms with Gasteiger partial charge in [-0.15, -0.1) is 11.3 Å². The first-order chi connectivity index (χ1) is 11.6. The second-order valence-electron chi connectivity index (χ2n) is 6.02. The molecule has 0 aliphatic heterocycles. The van der Waals surface area contributed by atoms with E-state index >= 15 is 0 Å². The summed E-state index contributed by atoms with van der Waals surface area (Å²) < 4.78 is 0. The van der Waals surface area contributed by atoms with Gasteiger partial charge in [-0.25, -0.2) is 9.78 Å². The van der Waals surface area contributed by atoms with Crippen molar-refractivity contribution in [3.05, 3.63) is 41.0 Å². The third-order valence-corrected chi connectivity index (χ3v) is 5.40. The molecule has 0 radical (unpaired) electrons. The van der Waals surface area contributed by atoms with Crippen molar-refractivity contribution in [2.75, 3.05) is 0 Å². The van der Waals surface area contributed by atoms with Crippen molar-refractivity contribution < 1.29 is 14.7 Å². The highest BCUT2D eigenvalue weighted by Crippen LogP contribution is 2.29. The molecule has 5 nitrogen and oxygen atoms in total. The van der Waals surface area contributed by atoms with Crippen molar-refractivity contribution in [3.8, 4) is 10.4 Å². The van der Waals surface area contributed by atoms with Crippen LogP contribution in [-0.4, -0.2) is 22.0 Å². The first-order valence-corrected chi connectivity index (χ1v) is 9.02. The number of nitrogens with one attached hydrogen (secondary N) is 1. The van der Waals surface area contributed by atoms with Gasteiger partial charge in [-0.1, -0.05) is 37.5 Å². The quantitative estimate of drug-likeness (QED) is 0.867. The summed E-state index contributed by atoms with van der Waals surface area (Å²) in [7, 11) is 0. The Morgan fingerprint density at radius 2 is 1.96 bits per heavy atom. The molecule has 1 aromatic carbocycles. The maximum atomic E-state index is 12.2. The summed E-state index contributed by atoms with van der Waals surface area (Å²) in [6, 6.07) is 6.88. The molecule has 1 saturated carbocycles. The molecule has 0 spiro atoms. The van der Waals surface area contributed by atoms with Crippen LogP contribution in [0.25, 0.3) is 10.4 Å². The maximum absolute atomic E-state index is 12.2. The van der Waals surface area contributed by atoms with Crippen LogP contribution in [0.5, 0.6) is 0 Å². The fourth-order valence-corrected chi connectivity index (χ4v) is 3.97. The van der Waals surface area contributed by atoms with Crippen LogP contribution < -0.4 is 5.32 Å². The van der Waals surface area contributed by atoms with Crippen LogP contribution in [0, 0.1) is 5.92 Å². The lowest BCUT2D eigenvalue weighted by Crippen LogP contribution is -2.31. The Bertz CT molecular complexity index is 735. The van der Waals surface area contributed by atoms with E-state index in [1.807, 2.05) is 6.07 Å². The minimum atomic E-state index is -0.953. The van der Waals surface area contributed by atoms with Crippen LogP contribution in [0.1, 0.15) is 47.5 Å². The molecule has 0 unspecified atom stereocenters. The number of carbonyl (C=O) groups is 2. The number of carboxylic acid groups (broad SMARTS) is 1. The standard InChI is InChI=1S/C18H20N2O3S/c21-17(12-6-2-1-3-7-12)20-11-16-19-10-15(24-16)13-8-4-5-9-14(13)18(22)23/h4-5,8-10,12H,1-3,6-7,11H2,(H,20,21)(H,22,23). The summed E-state index contributed by atoms with van der Waals surface area (Å²) in [4.78, 5) is 28.6. The molecular formula is C18H20N2O3S. The van der Waals surface area contributed by atoms with Crippen LogP contribution in [0.4, 0.5) is 0 Å². The lowest BCUT2D eigenvalue weighted by molar-refractivity contribution is -0.126. The molecule has 0 bridgehead atoms. The summed E-state index contributed by atoms with van der Waals surface area (Å²) >= 11 is 1.42. The highest BCUT2D eigenvalue weighted by molar-refractivity contribution is 7.15. The van der Waals surface area contributed by atoms with Gasteiger partial charge in [0.25, 0.3) is 0 Å². The molecular weight excluding hydrogens is 324 g/mol. The van der Waals surface area contributed by atoms with E-state index in [4.69, 9.17) is 0 Å². The zero-order valence-electron chi connectivity index (χ0n) is 13.3. The number of carboxylic acids is 1. The lowest BCUT2D eigenvalue weighted by atomic mass is 9.89. The summed E-state index contributed by atoms with van der Waals surface area (Å²) in [5.74, 6) is -0.713. The van der Waals surface area contributed by atoms with Crippen LogP contribution in [0.3, 0.4) is 0 Å². The van der Waals surface area contributed by atoms with E-state index in [1.165, 1.54) is 17.8 Å².